The van der Waals surface area contributed by atoms with Crippen molar-refractivity contribution in [3.05, 3.63) is 63.7 Å². The van der Waals surface area contributed by atoms with E-state index in [1.165, 1.54) is 12.1 Å². The largest absolute Gasteiger partial charge is 0.479 e. The van der Waals surface area contributed by atoms with Crippen LogP contribution in [0.4, 0.5) is 4.39 Å². The quantitative estimate of drug-likeness (QED) is 0.589. The number of halogens is 3. The topological polar surface area (TPSA) is 48.2 Å². The molecule has 1 atom stereocenters. The van der Waals surface area contributed by atoms with Gasteiger partial charge in [-0.2, -0.15) is 0 Å². The Kier molecular flexibility index (Phi) is 4.63. The van der Waals surface area contributed by atoms with Crippen LogP contribution in [-0.4, -0.2) is 10.2 Å². The number of hydrogen-bond acceptors (Lipinski definition) is 4. The first-order valence-corrected chi connectivity index (χ1v) is 7.91. The summed E-state index contributed by atoms with van der Waals surface area (Å²) in [5.74, 6) is 0.805. The molecule has 0 saturated carbocycles. The van der Waals surface area contributed by atoms with Gasteiger partial charge in [-0.1, -0.05) is 27.5 Å². The van der Waals surface area contributed by atoms with Gasteiger partial charge in [0.1, 0.15) is 11.6 Å². The monoisotopic (exact) mass is 396 g/mol. The Labute approximate surface area is 145 Å². The van der Waals surface area contributed by atoms with E-state index in [-0.39, 0.29) is 5.82 Å². The minimum atomic E-state index is -0.477. The van der Waals surface area contributed by atoms with Gasteiger partial charge >= 0.3 is 0 Å². The lowest BCUT2D eigenvalue weighted by molar-refractivity contribution is 0.190. The fraction of sp³-hybridized carbons (Fsp3) is 0.125. The Morgan fingerprint density at radius 2 is 1.91 bits per heavy atom. The van der Waals surface area contributed by atoms with Crippen molar-refractivity contribution in [3.8, 4) is 17.2 Å². The van der Waals surface area contributed by atoms with Crippen molar-refractivity contribution in [2.24, 2.45) is 0 Å². The van der Waals surface area contributed by atoms with Gasteiger partial charge in [-0.15, -0.1) is 10.2 Å². The molecule has 0 bridgehead atoms. The molecule has 0 amide bonds. The average Bonchev–Trinajstić information content (AvgIpc) is 3.01. The zero-order chi connectivity index (χ0) is 16.4. The molecule has 3 rings (SSSR count). The van der Waals surface area contributed by atoms with Crippen LogP contribution in [0.25, 0.3) is 11.5 Å². The molecule has 7 heteroatoms. The van der Waals surface area contributed by atoms with Crippen molar-refractivity contribution >= 4 is 27.5 Å². The smallest absolute Gasteiger partial charge is 0.257 e. The highest BCUT2D eigenvalue weighted by molar-refractivity contribution is 9.10. The normalized spacial score (nSPS) is 12.2. The van der Waals surface area contributed by atoms with Crippen molar-refractivity contribution in [1.82, 2.24) is 10.2 Å². The Morgan fingerprint density at radius 1 is 1.17 bits per heavy atom. The molecule has 0 radical (unpaired) electrons. The van der Waals surface area contributed by atoms with E-state index in [9.17, 15) is 4.39 Å². The fourth-order valence-electron chi connectivity index (χ4n) is 1.92. The number of rotatable bonds is 4. The van der Waals surface area contributed by atoms with Gasteiger partial charge < -0.3 is 9.15 Å². The van der Waals surface area contributed by atoms with Gasteiger partial charge in [0.25, 0.3) is 5.89 Å². The number of nitrogens with zero attached hydrogens (tertiary/aromatic N) is 2. The first-order valence-electron chi connectivity index (χ1n) is 6.74. The molecule has 3 aromatic rings. The van der Waals surface area contributed by atoms with Crippen LogP contribution < -0.4 is 4.74 Å². The van der Waals surface area contributed by atoms with Crippen LogP contribution in [0.1, 0.15) is 18.9 Å². The predicted molar refractivity (Wildman–Crippen MR) is 87.9 cm³/mol. The van der Waals surface area contributed by atoms with E-state index in [0.29, 0.717) is 28.1 Å². The van der Waals surface area contributed by atoms with Gasteiger partial charge in [0.15, 0.2) is 6.10 Å². The maximum absolute atomic E-state index is 12.9. The first-order chi connectivity index (χ1) is 11.0. The number of aromatic nitrogens is 2. The molecule has 0 aliphatic heterocycles. The summed E-state index contributed by atoms with van der Waals surface area (Å²) in [6.45, 7) is 1.78. The summed E-state index contributed by atoms with van der Waals surface area (Å²) in [5.41, 5.74) is 0.638. The summed E-state index contributed by atoms with van der Waals surface area (Å²) < 4.78 is 25.1. The second-order valence-electron chi connectivity index (χ2n) is 4.79. The van der Waals surface area contributed by atoms with E-state index in [1.54, 1.807) is 31.2 Å². The van der Waals surface area contributed by atoms with Crippen LogP contribution in [0.15, 0.2) is 51.4 Å². The zero-order valence-electron chi connectivity index (χ0n) is 12.0. The molecule has 2 aromatic carbocycles. The van der Waals surface area contributed by atoms with Crippen LogP contribution in [-0.2, 0) is 0 Å². The van der Waals surface area contributed by atoms with E-state index in [1.807, 2.05) is 6.07 Å². The van der Waals surface area contributed by atoms with Crippen LogP contribution in [0.5, 0.6) is 5.75 Å². The Morgan fingerprint density at radius 3 is 2.61 bits per heavy atom. The highest BCUT2D eigenvalue weighted by atomic mass is 79.9. The second-order valence-corrected chi connectivity index (χ2v) is 6.11. The zero-order valence-corrected chi connectivity index (χ0v) is 14.3. The minimum absolute atomic E-state index is 0.303. The second kappa shape index (κ2) is 6.68. The standard InChI is InChI=1S/C16H11BrClFN2O2/c1-9(22-14-7-4-11(17)8-13(14)18)15-20-21-16(23-15)10-2-5-12(19)6-3-10/h2-9H,1H3/t9-/m0/s1. The third-order valence-electron chi connectivity index (χ3n) is 3.08. The van der Waals surface area contributed by atoms with Gasteiger partial charge in [0.05, 0.1) is 5.02 Å². The van der Waals surface area contributed by atoms with Crippen molar-refractivity contribution in [3.63, 3.8) is 0 Å². The summed E-state index contributed by atoms with van der Waals surface area (Å²) in [7, 11) is 0. The lowest BCUT2D eigenvalue weighted by atomic mass is 10.2. The fourth-order valence-corrected chi connectivity index (χ4v) is 2.64. The molecule has 118 valence electrons. The van der Waals surface area contributed by atoms with E-state index in [4.69, 9.17) is 20.8 Å². The molecule has 1 aromatic heterocycles. The average molecular weight is 398 g/mol. The number of benzene rings is 2. The van der Waals surface area contributed by atoms with Crippen LogP contribution in [0, 0.1) is 5.82 Å². The van der Waals surface area contributed by atoms with E-state index >= 15 is 0 Å². The summed E-state index contributed by atoms with van der Waals surface area (Å²) >= 11 is 9.45. The highest BCUT2D eigenvalue weighted by Gasteiger charge is 2.18. The Hall–Kier alpha value is -1.92. The van der Waals surface area contributed by atoms with Crippen molar-refractivity contribution in [1.29, 1.82) is 0 Å². The van der Waals surface area contributed by atoms with Crippen molar-refractivity contribution in [2.45, 2.75) is 13.0 Å². The Balaban J connectivity index is 1.78. The van der Waals surface area contributed by atoms with E-state index in [0.717, 1.165) is 4.47 Å². The van der Waals surface area contributed by atoms with Gasteiger partial charge in [-0.25, -0.2) is 4.39 Å². The maximum atomic E-state index is 12.9. The summed E-state index contributed by atoms with van der Waals surface area (Å²) in [6.07, 6.45) is -0.477. The molecule has 0 aliphatic rings. The van der Waals surface area contributed by atoms with Gasteiger partial charge in [-0.05, 0) is 49.4 Å². The molecule has 0 N–H and O–H groups in total. The lowest BCUT2D eigenvalue weighted by Crippen LogP contribution is -2.03. The first kappa shape index (κ1) is 16.0. The number of ether oxygens (including phenoxy) is 1. The van der Waals surface area contributed by atoms with Gasteiger partial charge in [0, 0.05) is 10.0 Å². The summed E-state index contributed by atoms with van der Waals surface area (Å²) in [6, 6.07) is 11.1. The Bertz CT molecular complexity index is 823. The molecule has 0 spiro atoms. The maximum Gasteiger partial charge on any atom is 0.257 e. The van der Waals surface area contributed by atoms with Crippen LogP contribution in [0.3, 0.4) is 0 Å². The molecule has 0 aliphatic carbocycles. The SMILES string of the molecule is C[C@H](Oc1ccc(Br)cc1Cl)c1nnc(-c2ccc(F)cc2)o1. The van der Waals surface area contributed by atoms with Gasteiger partial charge in [0.2, 0.25) is 5.89 Å². The molecular formula is C16H11BrClFN2O2. The molecule has 0 saturated heterocycles. The van der Waals surface area contributed by atoms with E-state index in [2.05, 4.69) is 26.1 Å². The molecule has 23 heavy (non-hydrogen) atoms. The third kappa shape index (κ3) is 3.71. The van der Waals surface area contributed by atoms with E-state index < -0.39 is 6.10 Å². The van der Waals surface area contributed by atoms with Crippen LogP contribution >= 0.6 is 27.5 Å². The molecule has 0 unspecified atom stereocenters. The molecular weight excluding hydrogens is 387 g/mol. The van der Waals surface area contributed by atoms with Gasteiger partial charge in [-0.3, -0.25) is 0 Å². The van der Waals surface area contributed by atoms with Crippen LogP contribution in [0.2, 0.25) is 5.02 Å². The van der Waals surface area contributed by atoms with Crippen molar-refractivity contribution in [2.75, 3.05) is 0 Å². The number of hydrogen-bond donors (Lipinski definition) is 0. The molecule has 0 fully saturated rings. The predicted octanol–water partition coefficient (Wildman–Crippen LogP) is 5.43. The molecule has 1 heterocycles. The highest BCUT2D eigenvalue weighted by Crippen LogP contribution is 2.31. The summed E-state index contributed by atoms with van der Waals surface area (Å²) in [5, 5.41) is 8.40. The third-order valence-corrected chi connectivity index (χ3v) is 3.87. The minimum Gasteiger partial charge on any atom is -0.479 e. The molecule has 4 nitrogen and oxygen atoms in total. The lowest BCUT2D eigenvalue weighted by Gasteiger charge is -2.12. The van der Waals surface area contributed by atoms with Crippen molar-refractivity contribution < 1.29 is 13.5 Å². The summed E-state index contributed by atoms with van der Waals surface area (Å²) in [4.78, 5) is 0.